The number of benzene rings is 1. The molecule has 0 radical (unpaired) electrons. The van der Waals surface area contributed by atoms with Crippen LogP contribution in [0.15, 0.2) is 48.8 Å². The molecule has 0 fully saturated rings. The Morgan fingerprint density at radius 2 is 2.00 bits per heavy atom. The van der Waals surface area contributed by atoms with Crippen LogP contribution in [0.4, 0.5) is 5.69 Å². The van der Waals surface area contributed by atoms with Gasteiger partial charge >= 0.3 is 5.97 Å². The Morgan fingerprint density at radius 3 is 2.59 bits per heavy atom. The van der Waals surface area contributed by atoms with E-state index in [0.29, 0.717) is 11.3 Å². The summed E-state index contributed by atoms with van der Waals surface area (Å²) in [5, 5.41) is 2.81. The van der Waals surface area contributed by atoms with E-state index in [0.717, 1.165) is 5.56 Å². The quantitative estimate of drug-likeness (QED) is 0.647. The van der Waals surface area contributed by atoms with E-state index in [1.165, 1.54) is 13.3 Å². The Labute approximate surface area is 128 Å². The lowest BCUT2D eigenvalue weighted by Crippen LogP contribution is -2.30. The molecule has 0 saturated carbocycles. The van der Waals surface area contributed by atoms with E-state index in [1.807, 2.05) is 0 Å². The normalized spacial score (nSPS) is 11.5. The highest BCUT2D eigenvalue weighted by molar-refractivity contribution is 5.94. The van der Waals surface area contributed by atoms with E-state index in [2.05, 4.69) is 15.0 Å². The van der Waals surface area contributed by atoms with E-state index in [9.17, 15) is 9.59 Å². The molecule has 6 nitrogen and oxygen atoms in total. The third kappa shape index (κ3) is 4.05. The lowest BCUT2D eigenvalue weighted by Gasteiger charge is -2.18. The van der Waals surface area contributed by atoms with Crippen LogP contribution >= 0.6 is 0 Å². The van der Waals surface area contributed by atoms with Crippen molar-refractivity contribution in [2.45, 2.75) is 12.5 Å². The number of methoxy groups -OCH3 is 1. The second-order valence-electron chi connectivity index (χ2n) is 4.71. The van der Waals surface area contributed by atoms with Crippen molar-refractivity contribution in [1.82, 2.24) is 10.3 Å². The molecular formula is C16H17N3O3. The van der Waals surface area contributed by atoms with Crippen LogP contribution in [0, 0.1) is 0 Å². The number of nitrogens with one attached hydrogen (secondary N) is 1. The maximum absolute atomic E-state index is 12.2. The zero-order chi connectivity index (χ0) is 15.9. The number of nitrogens with two attached hydrogens (primary N) is 1. The van der Waals surface area contributed by atoms with Gasteiger partial charge in [0.15, 0.2) is 0 Å². The van der Waals surface area contributed by atoms with E-state index in [1.54, 1.807) is 42.6 Å². The number of rotatable bonds is 5. The molecule has 1 atom stereocenters. The van der Waals surface area contributed by atoms with Crippen LogP contribution in [-0.2, 0) is 9.53 Å². The van der Waals surface area contributed by atoms with E-state index >= 15 is 0 Å². The average Bonchev–Trinajstić information content (AvgIpc) is 2.55. The minimum absolute atomic E-state index is 0.0341. The van der Waals surface area contributed by atoms with Gasteiger partial charge in [0.05, 0.1) is 25.1 Å². The van der Waals surface area contributed by atoms with Crippen LogP contribution in [0.3, 0.4) is 0 Å². The van der Waals surface area contributed by atoms with Crippen LogP contribution in [-0.4, -0.2) is 24.0 Å². The predicted octanol–water partition coefficient (Wildman–Crippen LogP) is 1.70. The van der Waals surface area contributed by atoms with Gasteiger partial charge in [0.25, 0.3) is 5.91 Å². The number of carbonyl (C=O) groups is 2. The van der Waals surface area contributed by atoms with Gasteiger partial charge in [-0.25, -0.2) is 0 Å². The Morgan fingerprint density at radius 1 is 1.27 bits per heavy atom. The molecule has 3 N–H and O–H groups in total. The van der Waals surface area contributed by atoms with Gasteiger partial charge in [-0.15, -0.1) is 0 Å². The molecular weight excluding hydrogens is 282 g/mol. The summed E-state index contributed by atoms with van der Waals surface area (Å²) in [5.74, 6) is -0.716. The van der Waals surface area contributed by atoms with Gasteiger partial charge in [-0.05, 0) is 29.8 Å². The minimum atomic E-state index is -0.499. The third-order valence-electron chi connectivity index (χ3n) is 3.17. The fraction of sp³-hybridized carbons (Fsp3) is 0.188. The lowest BCUT2D eigenvalue weighted by atomic mass is 10.0. The molecule has 114 valence electrons. The standard InChI is InChI=1S/C16H17N3O3/c1-22-15(20)9-14(11-4-6-13(17)7-5-11)19-16(21)12-3-2-8-18-10-12/h2-8,10,14H,9,17H2,1H3,(H,19,21)/t14-/m1/s1. The molecule has 1 amide bonds. The minimum Gasteiger partial charge on any atom is -0.469 e. The molecule has 1 aromatic heterocycles. The number of hydrogen-bond acceptors (Lipinski definition) is 5. The molecule has 0 spiro atoms. The highest BCUT2D eigenvalue weighted by Crippen LogP contribution is 2.19. The van der Waals surface area contributed by atoms with E-state index in [4.69, 9.17) is 5.73 Å². The van der Waals surface area contributed by atoms with Crippen molar-refractivity contribution < 1.29 is 14.3 Å². The monoisotopic (exact) mass is 299 g/mol. The molecule has 0 unspecified atom stereocenters. The smallest absolute Gasteiger partial charge is 0.307 e. The molecule has 0 aliphatic rings. The average molecular weight is 299 g/mol. The summed E-state index contributed by atoms with van der Waals surface area (Å²) in [6.45, 7) is 0. The zero-order valence-corrected chi connectivity index (χ0v) is 12.2. The Bertz CT molecular complexity index is 641. The van der Waals surface area contributed by atoms with Gasteiger partial charge in [0.2, 0.25) is 0 Å². The van der Waals surface area contributed by atoms with Crippen LogP contribution < -0.4 is 11.1 Å². The maximum Gasteiger partial charge on any atom is 0.307 e. The van der Waals surface area contributed by atoms with Crippen LogP contribution in [0.5, 0.6) is 0 Å². The number of pyridine rings is 1. The number of esters is 1. The fourth-order valence-electron chi connectivity index (χ4n) is 1.97. The van der Waals surface area contributed by atoms with Crippen LogP contribution in [0.1, 0.15) is 28.4 Å². The number of aromatic nitrogens is 1. The van der Waals surface area contributed by atoms with Gasteiger partial charge in [0.1, 0.15) is 0 Å². The van der Waals surface area contributed by atoms with Crippen molar-refractivity contribution in [3.63, 3.8) is 0 Å². The van der Waals surface area contributed by atoms with Crippen molar-refractivity contribution >= 4 is 17.6 Å². The molecule has 0 bridgehead atoms. The van der Waals surface area contributed by atoms with E-state index in [-0.39, 0.29) is 12.3 Å². The number of nitrogen functional groups attached to an aromatic ring is 1. The third-order valence-corrected chi connectivity index (χ3v) is 3.17. The van der Waals surface area contributed by atoms with Crippen molar-refractivity contribution in [2.75, 3.05) is 12.8 Å². The highest BCUT2D eigenvalue weighted by atomic mass is 16.5. The van der Waals surface area contributed by atoms with Gasteiger partial charge in [-0.2, -0.15) is 0 Å². The SMILES string of the molecule is COC(=O)C[C@@H](NC(=O)c1cccnc1)c1ccc(N)cc1. The first-order valence-electron chi connectivity index (χ1n) is 6.73. The first kappa shape index (κ1) is 15.5. The summed E-state index contributed by atoms with van der Waals surface area (Å²) in [6.07, 6.45) is 3.09. The first-order valence-corrected chi connectivity index (χ1v) is 6.73. The molecule has 2 rings (SSSR count). The predicted molar refractivity (Wildman–Crippen MR) is 81.9 cm³/mol. The lowest BCUT2D eigenvalue weighted by molar-refractivity contribution is -0.141. The zero-order valence-electron chi connectivity index (χ0n) is 12.2. The van der Waals surface area contributed by atoms with Gasteiger partial charge < -0.3 is 15.8 Å². The summed E-state index contributed by atoms with van der Waals surface area (Å²) in [4.78, 5) is 27.7. The number of hydrogen-bond donors (Lipinski definition) is 2. The molecule has 1 heterocycles. The van der Waals surface area contributed by atoms with E-state index < -0.39 is 12.0 Å². The number of amides is 1. The number of ether oxygens (including phenoxy) is 1. The number of nitrogens with zero attached hydrogens (tertiary/aromatic N) is 1. The van der Waals surface area contributed by atoms with Crippen molar-refractivity contribution in [3.8, 4) is 0 Å². The highest BCUT2D eigenvalue weighted by Gasteiger charge is 2.19. The summed E-state index contributed by atoms with van der Waals surface area (Å²) >= 11 is 0. The second kappa shape index (κ2) is 7.21. The topological polar surface area (TPSA) is 94.3 Å². The van der Waals surface area contributed by atoms with Crippen LogP contribution in [0.2, 0.25) is 0 Å². The molecule has 0 saturated heterocycles. The van der Waals surface area contributed by atoms with Crippen LogP contribution in [0.25, 0.3) is 0 Å². The molecule has 1 aromatic carbocycles. The summed E-state index contributed by atoms with van der Waals surface area (Å²) in [6, 6.07) is 9.80. The summed E-state index contributed by atoms with van der Waals surface area (Å²) < 4.78 is 4.69. The Balaban J connectivity index is 2.19. The summed E-state index contributed by atoms with van der Waals surface area (Å²) in [7, 11) is 1.31. The Kier molecular flexibility index (Phi) is 5.08. The first-order chi connectivity index (χ1) is 10.6. The largest absolute Gasteiger partial charge is 0.469 e. The molecule has 2 aromatic rings. The molecule has 0 aliphatic heterocycles. The van der Waals surface area contributed by atoms with Crippen molar-refractivity contribution in [3.05, 3.63) is 59.9 Å². The van der Waals surface area contributed by atoms with Crippen molar-refractivity contribution in [2.24, 2.45) is 0 Å². The summed E-state index contributed by atoms with van der Waals surface area (Å²) in [5.41, 5.74) is 7.47. The number of carbonyl (C=O) groups excluding carboxylic acids is 2. The number of anilines is 1. The maximum atomic E-state index is 12.2. The molecule has 6 heteroatoms. The van der Waals surface area contributed by atoms with Gasteiger partial charge in [-0.3, -0.25) is 14.6 Å². The Hall–Kier alpha value is -2.89. The van der Waals surface area contributed by atoms with Gasteiger partial charge in [0, 0.05) is 18.1 Å². The fourth-order valence-corrected chi connectivity index (χ4v) is 1.97. The molecule has 22 heavy (non-hydrogen) atoms. The van der Waals surface area contributed by atoms with Crippen molar-refractivity contribution in [1.29, 1.82) is 0 Å². The van der Waals surface area contributed by atoms with Gasteiger partial charge in [-0.1, -0.05) is 12.1 Å². The second-order valence-corrected chi connectivity index (χ2v) is 4.71. The molecule has 0 aliphatic carbocycles.